The van der Waals surface area contributed by atoms with Gasteiger partial charge in [-0.05, 0) is 39.0 Å². The molecule has 0 bridgehead atoms. The van der Waals surface area contributed by atoms with Crippen molar-refractivity contribution in [2.24, 2.45) is 0 Å². The zero-order valence-electron chi connectivity index (χ0n) is 14.9. The van der Waals surface area contributed by atoms with E-state index in [4.69, 9.17) is 16.3 Å². The monoisotopic (exact) mass is 372 g/mol. The van der Waals surface area contributed by atoms with Crippen molar-refractivity contribution in [1.82, 2.24) is 15.3 Å². The summed E-state index contributed by atoms with van der Waals surface area (Å²) in [4.78, 5) is 20.3. The Morgan fingerprint density at radius 2 is 2.19 bits per heavy atom. The van der Waals surface area contributed by atoms with Crippen LogP contribution in [0.15, 0.2) is 30.6 Å². The average molecular weight is 373 g/mol. The number of hydrogen-bond acceptors (Lipinski definition) is 4. The van der Waals surface area contributed by atoms with Crippen molar-refractivity contribution in [3.05, 3.63) is 35.6 Å². The SMILES string of the molecule is CC1OC(C)(C)CNC1C(=O)Nc1cc(Cl)cc2c1[nH]c1cnccc12. The summed E-state index contributed by atoms with van der Waals surface area (Å²) in [5.41, 5.74) is 2.08. The van der Waals surface area contributed by atoms with Crippen LogP contribution >= 0.6 is 11.6 Å². The maximum absolute atomic E-state index is 12.8. The van der Waals surface area contributed by atoms with Gasteiger partial charge < -0.3 is 20.4 Å². The van der Waals surface area contributed by atoms with Gasteiger partial charge >= 0.3 is 0 Å². The van der Waals surface area contributed by atoms with Crippen molar-refractivity contribution in [3.63, 3.8) is 0 Å². The van der Waals surface area contributed by atoms with Crippen LogP contribution in [0.25, 0.3) is 21.8 Å². The fourth-order valence-corrected chi connectivity index (χ4v) is 3.79. The van der Waals surface area contributed by atoms with Crippen molar-refractivity contribution in [1.29, 1.82) is 0 Å². The highest BCUT2D eigenvalue weighted by Gasteiger charge is 2.36. The summed E-state index contributed by atoms with van der Waals surface area (Å²) in [5.74, 6) is -0.145. The molecule has 4 rings (SSSR count). The smallest absolute Gasteiger partial charge is 0.244 e. The number of carbonyl (C=O) groups is 1. The normalized spacial score (nSPS) is 22.6. The number of anilines is 1. The number of H-pyrrole nitrogens is 1. The van der Waals surface area contributed by atoms with Crippen molar-refractivity contribution in [2.75, 3.05) is 11.9 Å². The van der Waals surface area contributed by atoms with E-state index in [1.807, 2.05) is 32.9 Å². The number of halogens is 1. The van der Waals surface area contributed by atoms with E-state index in [2.05, 4.69) is 20.6 Å². The van der Waals surface area contributed by atoms with Crippen molar-refractivity contribution in [3.8, 4) is 0 Å². The number of morpholine rings is 1. The molecule has 26 heavy (non-hydrogen) atoms. The first-order valence-corrected chi connectivity index (χ1v) is 8.99. The topological polar surface area (TPSA) is 79.0 Å². The zero-order chi connectivity index (χ0) is 18.5. The molecular weight excluding hydrogens is 352 g/mol. The maximum atomic E-state index is 12.8. The number of fused-ring (bicyclic) bond motifs is 3. The minimum atomic E-state index is -0.428. The van der Waals surface area contributed by atoms with Gasteiger partial charge in [0.15, 0.2) is 0 Å². The van der Waals surface area contributed by atoms with E-state index in [1.165, 1.54) is 0 Å². The first-order chi connectivity index (χ1) is 12.3. The van der Waals surface area contributed by atoms with Crippen LogP contribution in [0, 0.1) is 0 Å². The molecule has 1 saturated heterocycles. The number of nitrogens with one attached hydrogen (secondary N) is 3. The van der Waals surface area contributed by atoms with Gasteiger partial charge in [0.1, 0.15) is 6.04 Å². The largest absolute Gasteiger partial charge is 0.369 e. The molecule has 2 atom stereocenters. The molecule has 0 radical (unpaired) electrons. The minimum Gasteiger partial charge on any atom is -0.369 e. The molecule has 1 aliphatic rings. The first-order valence-electron chi connectivity index (χ1n) is 8.61. The minimum absolute atomic E-state index is 0.145. The molecule has 0 saturated carbocycles. The Morgan fingerprint density at radius 1 is 1.38 bits per heavy atom. The van der Waals surface area contributed by atoms with Crippen LogP contribution in [0.1, 0.15) is 20.8 Å². The Bertz CT molecular complexity index is 998. The molecule has 0 spiro atoms. The van der Waals surface area contributed by atoms with Gasteiger partial charge in [-0.2, -0.15) is 0 Å². The lowest BCUT2D eigenvalue weighted by Crippen LogP contribution is -2.60. The van der Waals surface area contributed by atoms with Crippen molar-refractivity contribution >= 4 is 45.0 Å². The van der Waals surface area contributed by atoms with Crippen LogP contribution in [0.4, 0.5) is 5.69 Å². The fourth-order valence-electron chi connectivity index (χ4n) is 3.57. The van der Waals surface area contributed by atoms with E-state index < -0.39 is 6.04 Å². The van der Waals surface area contributed by atoms with E-state index in [9.17, 15) is 4.79 Å². The van der Waals surface area contributed by atoms with Gasteiger partial charge in [-0.3, -0.25) is 9.78 Å². The summed E-state index contributed by atoms with van der Waals surface area (Å²) in [6, 6.07) is 5.14. The maximum Gasteiger partial charge on any atom is 0.244 e. The predicted molar refractivity (Wildman–Crippen MR) is 104 cm³/mol. The highest BCUT2D eigenvalue weighted by Crippen LogP contribution is 2.33. The summed E-state index contributed by atoms with van der Waals surface area (Å²) in [6.45, 7) is 6.52. The van der Waals surface area contributed by atoms with Crippen LogP contribution in [-0.4, -0.2) is 40.2 Å². The molecule has 2 aromatic heterocycles. The van der Waals surface area contributed by atoms with Crippen LogP contribution in [0.3, 0.4) is 0 Å². The highest BCUT2D eigenvalue weighted by atomic mass is 35.5. The molecular formula is C19H21ClN4O2. The fraction of sp³-hybridized carbons (Fsp3) is 0.368. The Balaban J connectivity index is 1.68. The molecule has 1 aliphatic heterocycles. The molecule has 7 heteroatoms. The van der Waals surface area contributed by atoms with Gasteiger partial charge in [0.2, 0.25) is 5.91 Å². The van der Waals surface area contributed by atoms with Crippen LogP contribution in [0.2, 0.25) is 5.02 Å². The number of nitrogens with zero attached hydrogens (tertiary/aromatic N) is 1. The number of rotatable bonds is 2. The number of carbonyl (C=O) groups excluding carboxylic acids is 1. The third kappa shape index (κ3) is 3.05. The Morgan fingerprint density at radius 3 is 2.96 bits per heavy atom. The molecule has 6 nitrogen and oxygen atoms in total. The predicted octanol–water partition coefficient (Wildman–Crippen LogP) is 3.46. The summed E-state index contributed by atoms with van der Waals surface area (Å²) in [6.07, 6.45) is 3.26. The number of benzene rings is 1. The molecule has 3 aromatic rings. The van der Waals surface area contributed by atoms with E-state index >= 15 is 0 Å². The first kappa shape index (κ1) is 17.3. The molecule has 0 aliphatic carbocycles. The quantitative estimate of drug-likeness (QED) is 0.643. The highest BCUT2D eigenvalue weighted by molar-refractivity contribution is 6.33. The zero-order valence-corrected chi connectivity index (χ0v) is 15.6. The van der Waals surface area contributed by atoms with Gasteiger partial charge in [0.25, 0.3) is 0 Å². The van der Waals surface area contributed by atoms with Gasteiger partial charge in [-0.25, -0.2) is 0 Å². The van der Waals surface area contributed by atoms with E-state index in [1.54, 1.807) is 18.5 Å². The lowest BCUT2D eigenvalue weighted by atomic mass is 10.0. The number of hydrogen-bond donors (Lipinski definition) is 3. The molecule has 3 N–H and O–H groups in total. The summed E-state index contributed by atoms with van der Waals surface area (Å²) in [5, 5.41) is 8.80. The van der Waals surface area contributed by atoms with Crippen LogP contribution in [0.5, 0.6) is 0 Å². The van der Waals surface area contributed by atoms with Crippen LogP contribution < -0.4 is 10.6 Å². The second kappa shape index (κ2) is 6.23. The summed E-state index contributed by atoms with van der Waals surface area (Å²) in [7, 11) is 0. The molecule has 2 unspecified atom stereocenters. The number of pyridine rings is 1. The third-order valence-electron chi connectivity index (χ3n) is 4.74. The molecule has 1 aromatic carbocycles. The standard InChI is InChI=1S/C19H21ClN4O2/c1-10-16(22-9-19(2,3)26-10)18(25)24-14-7-11(20)6-13-12-4-5-21-8-15(12)23-17(13)14/h4-8,10,16,22-23H,9H2,1-3H3,(H,24,25). The molecule has 136 valence electrons. The van der Waals surface area contributed by atoms with Gasteiger partial charge in [-0.15, -0.1) is 0 Å². The molecule has 1 fully saturated rings. The number of ether oxygens (including phenoxy) is 1. The lowest BCUT2D eigenvalue weighted by Gasteiger charge is -2.39. The Hall–Kier alpha value is -2.15. The number of aromatic amines is 1. The van der Waals surface area contributed by atoms with E-state index in [0.717, 1.165) is 21.8 Å². The second-order valence-electron chi connectivity index (χ2n) is 7.35. The average Bonchev–Trinajstić information content (AvgIpc) is 2.93. The van der Waals surface area contributed by atoms with Crippen molar-refractivity contribution < 1.29 is 9.53 Å². The van der Waals surface area contributed by atoms with Gasteiger partial charge in [0.05, 0.1) is 34.6 Å². The molecule has 3 heterocycles. The second-order valence-corrected chi connectivity index (χ2v) is 7.79. The summed E-state index contributed by atoms with van der Waals surface area (Å²) >= 11 is 6.30. The van der Waals surface area contributed by atoms with Crippen LogP contribution in [-0.2, 0) is 9.53 Å². The Labute approximate surface area is 156 Å². The van der Waals surface area contributed by atoms with Crippen molar-refractivity contribution in [2.45, 2.75) is 38.5 Å². The lowest BCUT2D eigenvalue weighted by molar-refractivity contribution is -0.137. The Kier molecular flexibility index (Phi) is 4.14. The number of aromatic nitrogens is 2. The van der Waals surface area contributed by atoms with Gasteiger partial charge in [-0.1, -0.05) is 11.6 Å². The van der Waals surface area contributed by atoms with E-state index in [-0.39, 0.29) is 17.6 Å². The summed E-state index contributed by atoms with van der Waals surface area (Å²) < 4.78 is 5.94. The van der Waals surface area contributed by atoms with Gasteiger partial charge in [0, 0.05) is 28.5 Å². The van der Waals surface area contributed by atoms with E-state index in [0.29, 0.717) is 17.3 Å². The third-order valence-corrected chi connectivity index (χ3v) is 4.95. The molecule has 1 amide bonds. The number of amides is 1.